The van der Waals surface area contributed by atoms with Gasteiger partial charge in [0.2, 0.25) is 11.6 Å². The van der Waals surface area contributed by atoms with Crippen molar-refractivity contribution in [1.82, 2.24) is 0 Å². The second kappa shape index (κ2) is 6.90. The van der Waals surface area contributed by atoms with E-state index in [1.165, 1.54) is 0 Å². The fourth-order valence-corrected chi connectivity index (χ4v) is 4.21. The molecule has 30 heavy (non-hydrogen) atoms. The van der Waals surface area contributed by atoms with Gasteiger partial charge in [-0.1, -0.05) is 65.8 Å². The number of aromatic hydroxyl groups is 1. The number of benzene rings is 2. The lowest BCUT2D eigenvalue weighted by Crippen LogP contribution is -2.37. The molecule has 0 amide bonds. The van der Waals surface area contributed by atoms with Crippen LogP contribution in [0.2, 0.25) is 0 Å². The summed E-state index contributed by atoms with van der Waals surface area (Å²) in [6.45, 7) is 15.3. The Hall–Kier alpha value is -2.75. The average molecular weight is 407 g/mol. The molecule has 1 atom stereocenters. The molecule has 0 saturated heterocycles. The van der Waals surface area contributed by atoms with Crippen molar-refractivity contribution in [1.29, 1.82) is 0 Å². The van der Waals surface area contributed by atoms with E-state index in [-0.39, 0.29) is 17.1 Å². The number of hydrogen-bond donors (Lipinski definition) is 1. The molecular formula is C26H30O4. The van der Waals surface area contributed by atoms with Crippen LogP contribution in [0.15, 0.2) is 24.3 Å². The maximum absolute atomic E-state index is 13.5. The number of carbonyl (C=O) groups excluding carboxylic acids is 3. The minimum atomic E-state index is -1.19. The van der Waals surface area contributed by atoms with Gasteiger partial charge in [-0.3, -0.25) is 14.4 Å². The van der Waals surface area contributed by atoms with Gasteiger partial charge in [0.05, 0.1) is 0 Å². The van der Waals surface area contributed by atoms with E-state index in [2.05, 4.69) is 0 Å². The summed E-state index contributed by atoms with van der Waals surface area (Å²) < 4.78 is 0. The zero-order chi connectivity index (χ0) is 22.8. The highest BCUT2D eigenvalue weighted by atomic mass is 16.3. The molecule has 1 aliphatic carbocycles. The number of rotatable bonds is 1. The van der Waals surface area contributed by atoms with Crippen molar-refractivity contribution in [2.24, 2.45) is 0 Å². The fourth-order valence-electron chi connectivity index (χ4n) is 4.21. The highest BCUT2D eigenvalue weighted by molar-refractivity contribution is 6.53. The first kappa shape index (κ1) is 21.9. The third-order valence-corrected chi connectivity index (χ3v) is 5.93. The van der Waals surface area contributed by atoms with E-state index >= 15 is 0 Å². The number of ketones is 3. The number of fused-ring (bicyclic) bond motifs is 1. The zero-order valence-electron chi connectivity index (χ0n) is 19.1. The van der Waals surface area contributed by atoms with Gasteiger partial charge in [0, 0.05) is 11.1 Å². The molecular weight excluding hydrogens is 376 g/mol. The monoisotopic (exact) mass is 406 g/mol. The Morgan fingerprint density at radius 2 is 1.17 bits per heavy atom. The summed E-state index contributed by atoms with van der Waals surface area (Å²) in [6.07, 6.45) is 0. The lowest BCUT2D eigenvalue weighted by molar-refractivity contribution is -0.115. The van der Waals surface area contributed by atoms with Gasteiger partial charge < -0.3 is 5.11 Å². The van der Waals surface area contributed by atoms with Crippen LogP contribution in [0, 0.1) is 13.8 Å². The van der Waals surface area contributed by atoms with E-state index in [9.17, 15) is 19.5 Å². The normalized spacial score (nSPS) is 17.3. The first-order chi connectivity index (χ1) is 13.7. The van der Waals surface area contributed by atoms with Gasteiger partial charge in [-0.2, -0.15) is 0 Å². The topological polar surface area (TPSA) is 71.4 Å². The van der Waals surface area contributed by atoms with Crippen LogP contribution in [0.3, 0.4) is 0 Å². The molecule has 0 saturated carbocycles. The summed E-state index contributed by atoms with van der Waals surface area (Å²) in [5, 5.41) is 11.0. The number of Topliss-reactive ketones (excluding diaryl/α,β-unsaturated/α-hetero) is 3. The van der Waals surface area contributed by atoms with Crippen molar-refractivity contribution >= 4 is 17.3 Å². The predicted molar refractivity (Wildman–Crippen MR) is 118 cm³/mol. The quantitative estimate of drug-likeness (QED) is 0.513. The SMILES string of the molecule is Cc1ccc(C)c2c1C(=O)C(=O)C(c1cc(C(C)(C)C)c(O)c(C(C)(C)C)c1)C2=O. The van der Waals surface area contributed by atoms with Crippen LogP contribution >= 0.6 is 0 Å². The summed E-state index contributed by atoms with van der Waals surface area (Å²) >= 11 is 0. The first-order valence-electron chi connectivity index (χ1n) is 10.3. The molecule has 4 heteroatoms. The molecule has 0 bridgehead atoms. The van der Waals surface area contributed by atoms with E-state index in [4.69, 9.17) is 0 Å². The molecule has 1 N–H and O–H groups in total. The Kier molecular flexibility index (Phi) is 5.05. The van der Waals surface area contributed by atoms with E-state index in [0.717, 1.165) is 0 Å². The Labute approximate surface area is 178 Å². The minimum absolute atomic E-state index is 0.174. The van der Waals surface area contributed by atoms with Crippen molar-refractivity contribution in [2.45, 2.75) is 72.1 Å². The van der Waals surface area contributed by atoms with Crippen LogP contribution in [-0.2, 0) is 15.6 Å². The third-order valence-electron chi connectivity index (χ3n) is 5.93. The van der Waals surface area contributed by atoms with Crippen molar-refractivity contribution in [3.63, 3.8) is 0 Å². The van der Waals surface area contributed by atoms with Gasteiger partial charge in [0.25, 0.3) is 0 Å². The maximum Gasteiger partial charge on any atom is 0.230 e. The number of hydrogen-bond acceptors (Lipinski definition) is 4. The Morgan fingerprint density at radius 1 is 0.733 bits per heavy atom. The van der Waals surface area contributed by atoms with Crippen LogP contribution in [0.25, 0.3) is 0 Å². The lowest BCUT2D eigenvalue weighted by Gasteiger charge is -2.30. The number of phenols is 1. The molecule has 0 aromatic heterocycles. The van der Waals surface area contributed by atoms with Gasteiger partial charge in [-0.25, -0.2) is 0 Å². The highest BCUT2D eigenvalue weighted by Crippen LogP contribution is 2.43. The van der Waals surface area contributed by atoms with Gasteiger partial charge >= 0.3 is 0 Å². The highest BCUT2D eigenvalue weighted by Gasteiger charge is 2.43. The molecule has 1 unspecified atom stereocenters. The summed E-state index contributed by atoms with van der Waals surface area (Å²) in [4.78, 5) is 39.7. The van der Waals surface area contributed by atoms with E-state index in [0.29, 0.717) is 33.4 Å². The molecule has 4 nitrogen and oxygen atoms in total. The molecule has 2 aromatic carbocycles. The van der Waals surface area contributed by atoms with Gasteiger partial charge in [-0.05, 0) is 52.5 Å². The predicted octanol–water partition coefficient (Wildman–Crippen LogP) is 5.34. The molecule has 158 valence electrons. The number of phenolic OH excluding ortho intramolecular Hbond substituents is 1. The first-order valence-corrected chi connectivity index (χ1v) is 10.3. The summed E-state index contributed by atoms with van der Waals surface area (Å²) in [6, 6.07) is 7.01. The zero-order valence-corrected chi connectivity index (χ0v) is 19.1. The second-order valence-electron chi connectivity index (χ2n) is 10.4. The van der Waals surface area contributed by atoms with Crippen molar-refractivity contribution in [3.8, 4) is 5.75 Å². The van der Waals surface area contributed by atoms with E-state index in [1.54, 1.807) is 32.0 Å². The second-order valence-corrected chi connectivity index (χ2v) is 10.4. The van der Waals surface area contributed by atoms with Crippen molar-refractivity contribution in [2.75, 3.05) is 0 Å². The summed E-state index contributed by atoms with van der Waals surface area (Å²) in [5.41, 5.74) is 2.87. The smallest absolute Gasteiger partial charge is 0.230 e. The molecule has 2 aromatic rings. The standard InChI is InChI=1S/C26H30O4/c1-13-9-10-14(2)19-18(13)22(28)20(24(30)23(19)29)15-11-16(25(3,4)5)21(27)17(12-15)26(6,7)8/h9-12,20,27H,1-8H3. The van der Waals surface area contributed by atoms with Crippen LogP contribution < -0.4 is 0 Å². The largest absolute Gasteiger partial charge is 0.507 e. The average Bonchev–Trinajstić information content (AvgIpc) is 2.60. The van der Waals surface area contributed by atoms with Crippen LogP contribution in [-0.4, -0.2) is 22.5 Å². The number of aryl methyl sites for hydroxylation is 2. The molecule has 0 fully saturated rings. The fraction of sp³-hybridized carbons (Fsp3) is 0.423. The van der Waals surface area contributed by atoms with Gasteiger partial charge in [0.15, 0.2) is 5.78 Å². The van der Waals surface area contributed by atoms with Crippen molar-refractivity contribution < 1.29 is 19.5 Å². The Bertz CT molecular complexity index is 1060. The molecule has 0 aliphatic heterocycles. The summed E-state index contributed by atoms with van der Waals surface area (Å²) in [7, 11) is 0. The molecule has 0 heterocycles. The van der Waals surface area contributed by atoms with Crippen molar-refractivity contribution in [3.05, 3.63) is 63.2 Å². The number of carbonyl (C=O) groups is 3. The van der Waals surface area contributed by atoms with Crippen LogP contribution in [0.4, 0.5) is 0 Å². The lowest BCUT2D eigenvalue weighted by atomic mass is 9.71. The molecule has 3 rings (SSSR count). The molecule has 0 spiro atoms. The van der Waals surface area contributed by atoms with Crippen LogP contribution in [0.1, 0.15) is 96.0 Å². The molecule has 0 radical (unpaired) electrons. The third kappa shape index (κ3) is 3.38. The minimum Gasteiger partial charge on any atom is -0.507 e. The Morgan fingerprint density at radius 3 is 1.60 bits per heavy atom. The Balaban J connectivity index is 2.33. The maximum atomic E-state index is 13.5. The van der Waals surface area contributed by atoms with Crippen LogP contribution in [0.5, 0.6) is 5.75 Å². The summed E-state index contributed by atoms with van der Waals surface area (Å²) in [5.74, 6) is -2.67. The van der Waals surface area contributed by atoms with Gasteiger partial charge in [-0.15, -0.1) is 0 Å². The van der Waals surface area contributed by atoms with E-state index < -0.39 is 28.3 Å². The molecule has 1 aliphatic rings. The van der Waals surface area contributed by atoms with Gasteiger partial charge in [0.1, 0.15) is 11.7 Å². The van der Waals surface area contributed by atoms with E-state index in [1.807, 2.05) is 47.6 Å².